The Balaban J connectivity index is 1.71. The summed E-state index contributed by atoms with van der Waals surface area (Å²) in [6.07, 6.45) is 6.56. The number of hydrogen-bond donors (Lipinski definition) is 0. The van der Waals surface area contributed by atoms with Crippen molar-refractivity contribution in [3.8, 4) is 5.75 Å². The van der Waals surface area contributed by atoms with Crippen LogP contribution in [0.4, 0.5) is 0 Å². The average molecular weight is 384 g/mol. The number of unbranched alkanes of at least 4 members (excludes halogenated alkanes) is 2. The van der Waals surface area contributed by atoms with E-state index in [1.165, 1.54) is 38.8 Å². The largest absolute Gasteiger partial charge is 0.494 e. The molecule has 0 aromatic heterocycles. The highest BCUT2D eigenvalue weighted by molar-refractivity contribution is 9.10. The summed E-state index contributed by atoms with van der Waals surface area (Å²) >= 11 is 3.44. The van der Waals surface area contributed by atoms with E-state index in [2.05, 4.69) is 27.8 Å². The van der Waals surface area contributed by atoms with Crippen LogP contribution in [0.2, 0.25) is 0 Å². The molecule has 1 aromatic carbocycles. The Bertz CT molecular complexity index is 438. The molecular weight excluding hydrogens is 354 g/mol. The van der Waals surface area contributed by atoms with Gasteiger partial charge in [-0.3, -0.25) is 0 Å². The van der Waals surface area contributed by atoms with Crippen molar-refractivity contribution in [3.63, 3.8) is 0 Å². The summed E-state index contributed by atoms with van der Waals surface area (Å²) in [6, 6.07) is 8.05. The van der Waals surface area contributed by atoms with Gasteiger partial charge < -0.3 is 14.4 Å². The number of likely N-dealkylation sites (tertiary alicyclic amines) is 1. The van der Waals surface area contributed by atoms with Crippen molar-refractivity contribution in [2.24, 2.45) is 5.92 Å². The third kappa shape index (κ3) is 6.44. The molecule has 1 saturated heterocycles. The fraction of sp³-hybridized carbons (Fsp3) is 0.684. The molecule has 1 aliphatic heterocycles. The zero-order valence-electron chi connectivity index (χ0n) is 14.5. The highest BCUT2D eigenvalue weighted by atomic mass is 79.9. The van der Waals surface area contributed by atoms with E-state index in [0.29, 0.717) is 12.0 Å². The lowest BCUT2D eigenvalue weighted by atomic mass is 9.91. The fourth-order valence-electron chi connectivity index (χ4n) is 3.27. The summed E-state index contributed by atoms with van der Waals surface area (Å²) in [5.41, 5.74) is 0. The van der Waals surface area contributed by atoms with E-state index >= 15 is 0 Å². The van der Waals surface area contributed by atoms with Gasteiger partial charge >= 0.3 is 0 Å². The summed E-state index contributed by atoms with van der Waals surface area (Å²) in [5.74, 6) is 1.55. The average Bonchev–Trinajstić information content (AvgIpc) is 2.58. The minimum atomic E-state index is 0.346. The molecule has 0 bridgehead atoms. The van der Waals surface area contributed by atoms with Crippen molar-refractivity contribution < 1.29 is 9.47 Å². The standard InChI is InChI=1S/C19H30BrNO2/c1-3-4-5-12-21-13-10-16(19(15-21)22-2)11-14-23-18-8-6-17(20)7-9-18/h6-9,16,19H,3-5,10-15H2,1-2H3/t16-,19+/m0/s1. The normalized spacial score (nSPS) is 22.2. The van der Waals surface area contributed by atoms with Gasteiger partial charge in [0.05, 0.1) is 12.7 Å². The molecule has 0 saturated carbocycles. The van der Waals surface area contributed by atoms with E-state index in [-0.39, 0.29) is 0 Å². The second-order valence-electron chi connectivity index (χ2n) is 6.42. The molecule has 2 rings (SSSR count). The molecule has 0 amide bonds. The van der Waals surface area contributed by atoms with Crippen LogP contribution < -0.4 is 4.74 Å². The lowest BCUT2D eigenvalue weighted by molar-refractivity contribution is -0.0180. The summed E-state index contributed by atoms with van der Waals surface area (Å²) in [7, 11) is 1.85. The molecular formula is C19H30BrNO2. The summed E-state index contributed by atoms with van der Waals surface area (Å²) in [5, 5.41) is 0. The van der Waals surface area contributed by atoms with Crippen LogP contribution in [0.15, 0.2) is 28.7 Å². The van der Waals surface area contributed by atoms with Crippen LogP contribution in [0.5, 0.6) is 5.75 Å². The highest BCUT2D eigenvalue weighted by Crippen LogP contribution is 2.24. The number of halogens is 1. The molecule has 1 heterocycles. The molecule has 1 aromatic rings. The van der Waals surface area contributed by atoms with E-state index in [4.69, 9.17) is 9.47 Å². The van der Waals surface area contributed by atoms with Crippen LogP contribution in [0.1, 0.15) is 39.0 Å². The summed E-state index contributed by atoms with van der Waals surface area (Å²) < 4.78 is 12.7. The monoisotopic (exact) mass is 383 g/mol. The fourth-order valence-corrected chi connectivity index (χ4v) is 3.54. The van der Waals surface area contributed by atoms with Crippen molar-refractivity contribution in [2.75, 3.05) is 33.4 Å². The van der Waals surface area contributed by atoms with E-state index < -0.39 is 0 Å². The molecule has 3 nitrogen and oxygen atoms in total. The Morgan fingerprint density at radius 2 is 2.00 bits per heavy atom. The van der Waals surface area contributed by atoms with Gasteiger partial charge in [-0.25, -0.2) is 0 Å². The number of methoxy groups -OCH3 is 1. The Morgan fingerprint density at radius 1 is 1.22 bits per heavy atom. The van der Waals surface area contributed by atoms with Crippen molar-refractivity contribution in [2.45, 2.75) is 45.1 Å². The van der Waals surface area contributed by atoms with E-state index in [1.807, 2.05) is 31.4 Å². The van der Waals surface area contributed by atoms with Gasteiger partial charge in [0.1, 0.15) is 5.75 Å². The molecule has 1 fully saturated rings. The van der Waals surface area contributed by atoms with Gasteiger partial charge in [0.25, 0.3) is 0 Å². The van der Waals surface area contributed by atoms with Gasteiger partial charge in [0.2, 0.25) is 0 Å². The molecule has 0 aliphatic carbocycles. The van der Waals surface area contributed by atoms with Crippen molar-refractivity contribution >= 4 is 15.9 Å². The molecule has 0 N–H and O–H groups in total. The predicted octanol–water partition coefficient (Wildman–Crippen LogP) is 4.75. The molecule has 0 radical (unpaired) electrons. The third-order valence-electron chi connectivity index (χ3n) is 4.73. The minimum Gasteiger partial charge on any atom is -0.494 e. The van der Waals surface area contributed by atoms with Crippen LogP contribution in [0, 0.1) is 5.92 Å². The van der Waals surface area contributed by atoms with Gasteiger partial charge in [0, 0.05) is 18.1 Å². The van der Waals surface area contributed by atoms with Crippen LogP contribution in [0.25, 0.3) is 0 Å². The first-order valence-corrected chi connectivity index (χ1v) is 9.65. The maximum atomic E-state index is 5.87. The van der Waals surface area contributed by atoms with Crippen LogP contribution in [-0.2, 0) is 4.74 Å². The second-order valence-corrected chi connectivity index (χ2v) is 7.34. The Labute approximate surface area is 149 Å². The summed E-state index contributed by atoms with van der Waals surface area (Å²) in [4.78, 5) is 2.57. The first-order chi connectivity index (χ1) is 11.2. The van der Waals surface area contributed by atoms with E-state index in [1.54, 1.807) is 0 Å². The topological polar surface area (TPSA) is 21.7 Å². The Morgan fingerprint density at radius 3 is 2.70 bits per heavy atom. The van der Waals surface area contributed by atoms with E-state index in [0.717, 1.165) is 29.8 Å². The van der Waals surface area contributed by atoms with Gasteiger partial charge in [0.15, 0.2) is 0 Å². The first kappa shape index (κ1) is 18.8. The number of hydrogen-bond acceptors (Lipinski definition) is 3. The van der Waals surface area contributed by atoms with Crippen LogP contribution in [0.3, 0.4) is 0 Å². The van der Waals surface area contributed by atoms with Gasteiger partial charge in [-0.15, -0.1) is 0 Å². The number of ether oxygens (including phenoxy) is 2. The molecule has 130 valence electrons. The smallest absolute Gasteiger partial charge is 0.119 e. The molecule has 1 aliphatic rings. The molecule has 4 heteroatoms. The van der Waals surface area contributed by atoms with Crippen LogP contribution in [-0.4, -0.2) is 44.4 Å². The van der Waals surface area contributed by atoms with Crippen LogP contribution >= 0.6 is 15.9 Å². The quantitative estimate of drug-likeness (QED) is 0.574. The number of rotatable bonds is 9. The number of piperidine rings is 1. The molecule has 0 spiro atoms. The highest BCUT2D eigenvalue weighted by Gasteiger charge is 2.28. The molecule has 23 heavy (non-hydrogen) atoms. The summed E-state index contributed by atoms with van der Waals surface area (Å²) in [6.45, 7) is 6.52. The minimum absolute atomic E-state index is 0.346. The molecule has 0 unspecified atom stereocenters. The Kier molecular flexibility index (Phi) is 8.41. The van der Waals surface area contributed by atoms with Crippen molar-refractivity contribution in [3.05, 3.63) is 28.7 Å². The Hall–Kier alpha value is -0.580. The SMILES string of the molecule is CCCCCN1CC[C@@H](CCOc2ccc(Br)cc2)[C@H](OC)C1. The second kappa shape index (κ2) is 10.3. The lowest BCUT2D eigenvalue weighted by Gasteiger charge is -2.37. The number of nitrogens with zero attached hydrogens (tertiary/aromatic N) is 1. The van der Waals surface area contributed by atoms with E-state index in [9.17, 15) is 0 Å². The molecule has 2 atom stereocenters. The number of benzene rings is 1. The first-order valence-electron chi connectivity index (χ1n) is 8.86. The van der Waals surface area contributed by atoms with Gasteiger partial charge in [-0.05, 0) is 62.5 Å². The van der Waals surface area contributed by atoms with Gasteiger partial charge in [-0.2, -0.15) is 0 Å². The third-order valence-corrected chi connectivity index (χ3v) is 5.26. The lowest BCUT2D eigenvalue weighted by Crippen LogP contribution is -2.45. The zero-order chi connectivity index (χ0) is 16.5. The van der Waals surface area contributed by atoms with Gasteiger partial charge in [-0.1, -0.05) is 35.7 Å². The maximum absolute atomic E-state index is 5.87. The predicted molar refractivity (Wildman–Crippen MR) is 99.1 cm³/mol. The van der Waals surface area contributed by atoms with Crippen molar-refractivity contribution in [1.82, 2.24) is 4.90 Å². The maximum Gasteiger partial charge on any atom is 0.119 e. The zero-order valence-corrected chi connectivity index (χ0v) is 16.1. The van der Waals surface area contributed by atoms with Crippen molar-refractivity contribution in [1.29, 1.82) is 0 Å².